The predicted molar refractivity (Wildman–Crippen MR) is 80.9 cm³/mol. The van der Waals surface area contributed by atoms with Crippen molar-refractivity contribution in [2.75, 3.05) is 6.54 Å². The van der Waals surface area contributed by atoms with Gasteiger partial charge in [0.05, 0.1) is 11.7 Å². The van der Waals surface area contributed by atoms with Crippen molar-refractivity contribution in [3.8, 4) is 11.3 Å². The number of nitrogens with one attached hydrogen (secondary N) is 1. The number of hydrogen-bond acceptors (Lipinski definition) is 4. The maximum atomic E-state index is 4.73. The van der Waals surface area contributed by atoms with Crippen LogP contribution in [0.3, 0.4) is 0 Å². The van der Waals surface area contributed by atoms with E-state index in [0.29, 0.717) is 0 Å². The fourth-order valence-corrected chi connectivity index (χ4v) is 2.81. The Bertz CT molecular complexity index is 769. The van der Waals surface area contributed by atoms with Crippen LogP contribution in [0.15, 0.2) is 36.4 Å². The third kappa shape index (κ3) is 2.19. The van der Waals surface area contributed by atoms with Gasteiger partial charge in [0, 0.05) is 5.56 Å². The van der Waals surface area contributed by atoms with Crippen molar-refractivity contribution in [2.24, 2.45) is 0 Å². The average Bonchev–Trinajstić information content (AvgIpc) is 3.16. The van der Waals surface area contributed by atoms with Gasteiger partial charge in [-0.3, -0.25) is 0 Å². The molecule has 1 unspecified atom stereocenters. The Morgan fingerprint density at radius 1 is 1.10 bits per heavy atom. The summed E-state index contributed by atoms with van der Waals surface area (Å²) in [5.41, 5.74) is 4.11. The molecule has 1 aromatic carbocycles. The molecule has 0 saturated carbocycles. The van der Waals surface area contributed by atoms with Crippen molar-refractivity contribution in [3.05, 3.63) is 47.8 Å². The monoisotopic (exact) mass is 279 g/mol. The minimum Gasteiger partial charge on any atom is -0.307 e. The lowest BCUT2D eigenvalue weighted by molar-refractivity contribution is 0.585. The zero-order valence-electron chi connectivity index (χ0n) is 12.0. The van der Waals surface area contributed by atoms with Crippen LogP contribution in [0.5, 0.6) is 0 Å². The normalized spacial score (nSPS) is 18.4. The molecular formula is C16H17N5. The minimum atomic E-state index is 0.265. The van der Waals surface area contributed by atoms with E-state index in [0.717, 1.165) is 35.7 Å². The van der Waals surface area contributed by atoms with E-state index in [2.05, 4.69) is 46.7 Å². The van der Waals surface area contributed by atoms with Crippen LogP contribution in [-0.2, 0) is 0 Å². The zero-order chi connectivity index (χ0) is 14.2. The fraction of sp³-hybridized carbons (Fsp3) is 0.312. The topological polar surface area (TPSA) is 55.1 Å². The second kappa shape index (κ2) is 4.93. The average molecular weight is 279 g/mol. The molecule has 0 amide bonds. The lowest BCUT2D eigenvalue weighted by Crippen LogP contribution is -2.16. The van der Waals surface area contributed by atoms with Gasteiger partial charge in [0.2, 0.25) is 0 Å². The Hall–Kier alpha value is -2.27. The second-order valence-electron chi connectivity index (χ2n) is 5.56. The first-order chi connectivity index (χ1) is 10.3. The first kappa shape index (κ1) is 12.5. The van der Waals surface area contributed by atoms with Crippen LogP contribution in [0.2, 0.25) is 0 Å². The van der Waals surface area contributed by atoms with Gasteiger partial charge < -0.3 is 5.32 Å². The van der Waals surface area contributed by atoms with E-state index in [-0.39, 0.29) is 6.04 Å². The van der Waals surface area contributed by atoms with Gasteiger partial charge in [0.25, 0.3) is 0 Å². The summed E-state index contributed by atoms with van der Waals surface area (Å²) >= 11 is 0. The van der Waals surface area contributed by atoms with Crippen molar-refractivity contribution >= 4 is 5.65 Å². The third-order valence-corrected chi connectivity index (χ3v) is 4.01. The summed E-state index contributed by atoms with van der Waals surface area (Å²) in [6.45, 7) is 3.13. The molecule has 1 atom stereocenters. The van der Waals surface area contributed by atoms with E-state index in [4.69, 9.17) is 5.10 Å². The van der Waals surface area contributed by atoms with Gasteiger partial charge in [0.15, 0.2) is 11.5 Å². The lowest BCUT2D eigenvalue weighted by Gasteiger charge is -2.08. The summed E-state index contributed by atoms with van der Waals surface area (Å²) in [6, 6.07) is 12.7. The van der Waals surface area contributed by atoms with Gasteiger partial charge in [0.1, 0.15) is 0 Å². The number of aromatic nitrogens is 4. The molecule has 0 aliphatic carbocycles. The molecule has 5 nitrogen and oxygen atoms in total. The van der Waals surface area contributed by atoms with E-state index in [1.54, 1.807) is 0 Å². The van der Waals surface area contributed by atoms with Gasteiger partial charge in [-0.2, -0.15) is 9.61 Å². The maximum Gasteiger partial charge on any atom is 0.178 e. The number of hydrogen-bond donors (Lipinski definition) is 1. The van der Waals surface area contributed by atoms with Gasteiger partial charge in [-0.1, -0.05) is 29.8 Å². The molecule has 106 valence electrons. The number of rotatable bonds is 2. The van der Waals surface area contributed by atoms with Crippen LogP contribution in [0.25, 0.3) is 16.9 Å². The molecule has 1 N–H and O–H groups in total. The first-order valence-corrected chi connectivity index (χ1v) is 7.34. The summed E-state index contributed by atoms with van der Waals surface area (Å²) in [5.74, 6) is 0.913. The van der Waals surface area contributed by atoms with Gasteiger partial charge >= 0.3 is 0 Å². The van der Waals surface area contributed by atoms with Crippen LogP contribution in [-0.4, -0.2) is 26.4 Å². The van der Waals surface area contributed by atoms with Crippen molar-refractivity contribution < 1.29 is 0 Å². The molecule has 0 radical (unpaired) electrons. The van der Waals surface area contributed by atoms with Crippen molar-refractivity contribution in [3.63, 3.8) is 0 Å². The molecule has 0 spiro atoms. The highest BCUT2D eigenvalue weighted by Gasteiger charge is 2.22. The molecule has 0 bridgehead atoms. The van der Waals surface area contributed by atoms with Crippen LogP contribution < -0.4 is 5.32 Å². The van der Waals surface area contributed by atoms with E-state index in [1.165, 1.54) is 12.0 Å². The molecular weight excluding hydrogens is 262 g/mol. The summed E-state index contributed by atoms with van der Waals surface area (Å²) in [5, 5.41) is 16.7. The molecule has 1 saturated heterocycles. The quantitative estimate of drug-likeness (QED) is 0.783. The molecule has 3 heterocycles. The highest BCUT2D eigenvalue weighted by Crippen LogP contribution is 2.23. The van der Waals surface area contributed by atoms with Crippen molar-refractivity contribution in [2.45, 2.75) is 25.8 Å². The Balaban J connectivity index is 1.80. The molecule has 3 aromatic rings. The van der Waals surface area contributed by atoms with E-state index in [1.807, 2.05) is 16.6 Å². The molecule has 21 heavy (non-hydrogen) atoms. The molecule has 1 fully saturated rings. The number of aryl methyl sites for hydroxylation is 1. The van der Waals surface area contributed by atoms with Crippen LogP contribution in [0, 0.1) is 6.92 Å². The highest BCUT2D eigenvalue weighted by molar-refractivity contribution is 5.60. The van der Waals surface area contributed by atoms with Crippen LogP contribution in [0.4, 0.5) is 0 Å². The zero-order valence-corrected chi connectivity index (χ0v) is 12.0. The Kier molecular flexibility index (Phi) is 2.93. The Labute approximate surface area is 123 Å². The fourth-order valence-electron chi connectivity index (χ4n) is 2.81. The van der Waals surface area contributed by atoms with E-state index < -0.39 is 0 Å². The standard InChI is InChI=1S/C16H17N5/c1-11-4-6-12(7-5-11)13-8-9-15-18-19-16(21(15)20-13)14-3-2-10-17-14/h4-9,14,17H,2-3,10H2,1H3. The molecule has 2 aromatic heterocycles. The van der Waals surface area contributed by atoms with Crippen LogP contribution >= 0.6 is 0 Å². The van der Waals surface area contributed by atoms with Gasteiger partial charge in [-0.25, -0.2) is 0 Å². The van der Waals surface area contributed by atoms with Gasteiger partial charge in [-0.05, 0) is 38.4 Å². The van der Waals surface area contributed by atoms with E-state index >= 15 is 0 Å². The van der Waals surface area contributed by atoms with E-state index in [9.17, 15) is 0 Å². The molecule has 1 aliphatic heterocycles. The summed E-state index contributed by atoms with van der Waals surface area (Å²) < 4.78 is 1.87. The van der Waals surface area contributed by atoms with Crippen LogP contribution in [0.1, 0.15) is 30.3 Å². The first-order valence-electron chi connectivity index (χ1n) is 7.34. The number of benzene rings is 1. The molecule has 4 rings (SSSR count). The maximum absolute atomic E-state index is 4.73. The Morgan fingerprint density at radius 3 is 2.71 bits per heavy atom. The second-order valence-corrected chi connectivity index (χ2v) is 5.56. The summed E-state index contributed by atoms with van der Waals surface area (Å²) in [6.07, 6.45) is 2.27. The van der Waals surface area contributed by atoms with Crippen molar-refractivity contribution in [1.82, 2.24) is 25.1 Å². The summed E-state index contributed by atoms with van der Waals surface area (Å²) in [4.78, 5) is 0. The summed E-state index contributed by atoms with van der Waals surface area (Å²) in [7, 11) is 0. The Morgan fingerprint density at radius 2 is 1.95 bits per heavy atom. The molecule has 5 heteroatoms. The third-order valence-electron chi connectivity index (χ3n) is 4.01. The minimum absolute atomic E-state index is 0.265. The molecule has 1 aliphatic rings. The number of nitrogens with zero attached hydrogens (tertiary/aromatic N) is 4. The lowest BCUT2D eigenvalue weighted by atomic mass is 10.1. The largest absolute Gasteiger partial charge is 0.307 e. The van der Waals surface area contributed by atoms with Gasteiger partial charge in [-0.15, -0.1) is 10.2 Å². The highest BCUT2D eigenvalue weighted by atomic mass is 15.4. The SMILES string of the molecule is Cc1ccc(-c2ccc3nnc(C4CCCN4)n3n2)cc1. The van der Waals surface area contributed by atoms with Crippen molar-refractivity contribution in [1.29, 1.82) is 0 Å². The number of fused-ring (bicyclic) bond motifs is 1. The predicted octanol–water partition coefficient (Wildman–Crippen LogP) is 2.52. The smallest absolute Gasteiger partial charge is 0.178 e.